The summed E-state index contributed by atoms with van der Waals surface area (Å²) in [6.07, 6.45) is 7.74. The number of hydrogen-bond acceptors (Lipinski definition) is 2. The van der Waals surface area contributed by atoms with E-state index in [1.807, 2.05) is 0 Å². The molecular weight excluding hydrogens is 200 g/mol. The summed E-state index contributed by atoms with van der Waals surface area (Å²) in [5.74, 6) is 0.370. The SMILES string of the molecule is NS(=O)(=O)c1c[nH]cc1C1CCCC1. The van der Waals surface area contributed by atoms with E-state index >= 15 is 0 Å². The van der Waals surface area contributed by atoms with E-state index in [2.05, 4.69) is 4.98 Å². The molecule has 0 unspecified atom stereocenters. The van der Waals surface area contributed by atoms with Crippen LogP contribution in [0.25, 0.3) is 0 Å². The Kier molecular flexibility index (Phi) is 2.36. The third-order valence-electron chi connectivity index (χ3n) is 2.84. The number of hydrogen-bond donors (Lipinski definition) is 2. The number of nitrogens with one attached hydrogen (secondary N) is 1. The molecule has 14 heavy (non-hydrogen) atoms. The van der Waals surface area contributed by atoms with Gasteiger partial charge in [0.2, 0.25) is 10.0 Å². The first-order chi connectivity index (χ1) is 6.59. The molecule has 1 heterocycles. The standard InChI is InChI=1S/C9H14N2O2S/c10-14(12,13)9-6-11-5-8(9)7-3-1-2-4-7/h5-7,11H,1-4H2,(H2,10,12,13). The van der Waals surface area contributed by atoms with Crippen LogP contribution in [0.4, 0.5) is 0 Å². The third kappa shape index (κ3) is 1.69. The number of nitrogens with two attached hydrogens (primary N) is 1. The van der Waals surface area contributed by atoms with Gasteiger partial charge in [-0.1, -0.05) is 12.8 Å². The molecule has 0 bridgehead atoms. The maximum atomic E-state index is 11.2. The summed E-state index contributed by atoms with van der Waals surface area (Å²) >= 11 is 0. The van der Waals surface area contributed by atoms with Crippen LogP contribution in [0.1, 0.15) is 37.2 Å². The second kappa shape index (κ2) is 3.40. The summed E-state index contributed by atoms with van der Waals surface area (Å²) in [4.78, 5) is 3.09. The lowest BCUT2D eigenvalue weighted by atomic mass is 10.0. The molecule has 0 aliphatic heterocycles. The Morgan fingerprint density at radius 3 is 2.50 bits per heavy atom. The van der Waals surface area contributed by atoms with Crippen molar-refractivity contribution in [1.82, 2.24) is 4.98 Å². The topological polar surface area (TPSA) is 76.0 Å². The van der Waals surface area contributed by atoms with Crippen LogP contribution in [-0.2, 0) is 10.0 Å². The normalized spacial score (nSPS) is 18.9. The largest absolute Gasteiger partial charge is 0.366 e. The van der Waals surface area contributed by atoms with E-state index in [0.29, 0.717) is 5.92 Å². The quantitative estimate of drug-likeness (QED) is 0.779. The van der Waals surface area contributed by atoms with Gasteiger partial charge in [0.15, 0.2) is 0 Å². The van der Waals surface area contributed by atoms with Crippen molar-refractivity contribution >= 4 is 10.0 Å². The number of H-pyrrole nitrogens is 1. The summed E-state index contributed by atoms with van der Waals surface area (Å²) in [5.41, 5.74) is 0.866. The average Bonchev–Trinajstić information content (AvgIpc) is 2.73. The fraction of sp³-hybridized carbons (Fsp3) is 0.556. The van der Waals surface area contributed by atoms with Crippen LogP contribution in [0.5, 0.6) is 0 Å². The highest BCUT2D eigenvalue weighted by Crippen LogP contribution is 2.36. The molecule has 1 aromatic rings. The van der Waals surface area contributed by atoms with Crippen molar-refractivity contribution in [2.45, 2.75) is 36.5 Å². The second-order valence-electron chi connectivity index (χ2n) is 3.80. The molecule has 1 aromatic heterocycles. The molecule has 5 heteroatoms. The number of aromatic nitrogens is 1. The van der Waals surface area contributed by atoms with Crippen LogP contribution in [0.2, 0.25) is 0 Å². The van der Waals surface area contributed by atoms with Crippen molar-refractivity contribution in [3.63, 3.8) is 0 Å². The zero-order valence-corrected chi connectivity index (χ0v) is 8.68. The fourth-order valence-electron chi connectivity index (χ4n) is 2.16. The Hall–Kier alpha value is -0.810. The van der Waals surface area contributed by atoms with Crippen molar-refractivity contribution in [3.05, 3.63) is 18.0 Å². The predicted octanol–water partition coefficient (Wildman–Crippen LogP) is 1.32. The summed E-state index contributed by atoms with van der Waals surface area (Å²) in [6, 6.07) is 0. The third-order valence-corrected chi connectivity index (χ3v) is 3.81. The first kappa shape index (κ1) is 9.73. The van der Waals surface area contributed by atoms with Gasteiger partial charge in [0, 0.05) is 12.4 Å². The highest BCUT2D eigenvalue weighted by Gasteiger charge is 2.24. The Morgan fingerprint density at radius 1 is 1.29 bits per heavy atom. The minimum absolute atomic E-state index is 0.268. The smallest absolute Gasteiger partial charge is 0.239 e. The Morgan fingerprint density at radius 2 is 1.93 bits per heavy atom. The summed E-state index contributed by atoms with van der Waals surface area (Å²) in [7, 11) is -3.56. The van der Waals surface area contributed by atoms with Crippen LogP contribution in [0, 0.1) is 0 Å². The van der Waals surface area contributed by atoms with Crippen molar-refractivity contribution < 1.29 is 8.42 Å². The van der Waals surface area contributed by atoms with Gasteiger partial charge in [-0.05, 0) is 24.3 Å². The Balaban J connectivity index is 2.39. The summed E-state index contributed by atoms with van der Waals surface area (Å²) in [6.45, 7) is 0. The van der Waals surface area contributed by atoms with E-state index in [9.17, 15) is 8.42 Å². The highest BCUT2D eigenvalue weighted by molar-refractivity contribution is 7.89. The molecule has 0 spiro atoms. The molecule has 0 aromatic carbocycles. The maximum Gasteiger partial charge on any atom is 0.239 e. The molecular formula is C9H14N2O2S. The van der Waals surface area contributed by atoms with E-state index < -0.39 is 10.0 Å². The highest BCUT2D eigenvalue weighted by atomic mass is 32.2. The first-order valence-electron chi connectivity index (χ1n) is 4.78. The zero-order chi connectivity index (χ0) is 10.2. The van der Waals surface area contributed by atoms with E-state index in [1.54, 1.807) is 6.20 Å². The molecule has 2 rings (SSSR count). The van der Waals surface area contributed by atoms with E-state index in [4.69, 9.17) is 5.14 Å². The van der Waals surface area contributed by atoms with Gasteiger partial charge in [0.1, 0.15) is 4.90 Å². The summed E-state index contributed by atoms with van der Waals surface area (Å²) < 4.78 is 22.5. The predicted molar refractivity (Wildman–Crippen MR) is 53.4 cm³/mol. The molecule has 78 valence electrons. The molecule has 1 saturated carbocycles. The first-order valence-corrected chi connectivity index (χ1v) is 6.33. The molecule has 0 radical (unpaired) electrons. The van der Waals surface area contributed by atoms with Crippen LogP contribution in [-0.4, -0.2) is 13.4 Å². The zero-order valence-electron chi connectivity index (χ0n) is 7.86. The van der Waals surface area contributed by atoms with Gasteiger partial charge in [-0.2, -0.15) is 0 Å². The Labute approximate surface area is 83.6 Å². The van der Waals surface area contributed by atoms with Gasteiger partial charge in [-0.3, -0.25) is 0 Å². The van der Waals surface area contributed by atoms with Crippen LogP contribution < -0.4 is 5.14 Å². The van der Waals surface area contributed by atoms with Gasteiger partial charge in [-0.25, -0.2) is 13.6 Å². The van der Waals surface area contributed by atoms with Gasteiger partial charge in [0.05, 0.1) is 0 Å². The number of aromatic amines is 1. The maximum absolute atomic E-state index is 11.2. The monoisotopic (exact) mass is 214 g/mol. The molecule has 4 nitrogen and oxygen atoms in total. The fourth-order valence-corrected chi connectivity index (χ4v) is 2.95. The molecule has 0 amide bonds. The van der Waals surface area contributed by atoms with Gasteiger partial charge in [-0.15, -0.1) is 0 Å². The minimum atomic E-state index is -3.56. The molecule has 3 N–H and O–H groups in total. The minimum Gasteiger partial charge on any atom is -0.366 e. The summed E-state index contributed by atoms with van der Waals surface area (Å²) in [5, 5.41) is 5.12. The van der Waals surface area contributed by atoms with Crippen molar-refractivity contribution in [3.8, 4) is 0 Å². The molecule has 1 fully saturated rings. The lowest BCUT2D eigenvalue weighted by Gasteiger charge is -2.08. The molecule has 1 aliphatic carbocycles. The molecule has 1 aliphatic rings. The molecule has 0 saturated heterocycles. The van der Waals surface area contributed by atoms with Gasteiger partial charge >= 0.3 is 0 Å². The van der Waals surface area contributed by atoms with E-state index in [-0.39, 0.29) is 4.90 Å². The van der Waals surface area contributed by atoms with E-state index in [1.165, 1.54) is 19.0 Å². The van der Waals surface area contributed by atoms with Gasteiger partial charge in [0.25, 0.3) is 0 Å². The lowest BCUT2D eigenvalue weighted by Crippen LogP contribution is -2.13. The number of primary sulfonamides is 1. The van der Waals surface area contributed by atoms with Crippen LogP contribution >= 0.6 is 0 Å². The number of sulfonamides is 1. The Bertz CT molecular complexity index is 416. The van der Waals surface area contributed by atoms with Crippen molar-refractivity contribution in [2.75, 3.05) is 0 Å². The van der Waals surface area contributed by atoms with E-state index in [0.717, 1.165) is 18.4 Å². The van der Waals surface area contributed by atoms with Crippen LogP contribution in [0.15, 0.2) is 17.3 Å². The number of rotatable bonds is 2. The van der Waals surface area contributed by atoms with Crippen molar-refractivity contribution in [2.24, 2.45) is 5.14 Å². The molecule has 0 atom stereocenters. The van der Waals surface area contributed by atoms with Gasteiger partial charge < -0.3 is 4.98 Å². The van der Waals surface area contributed by atoms with Crippen LogP contribution in [0.3, 0.4) is 0 Å². The average molecular weight is 214 g/mol. The van der Waals surface area contributed by atoms with Crippen molar-refractivity contribution in [1.29, 1.82) is 0 Å². The lowest BCUT2D eigenvalue weighted by molar-refractivity contribution is 0.594. The second-order valence-corrected chi connectivity index (χ2v) is 5.33.